The quantitative estimate of drug-likeness (QED) is 0.284. The van der Waals surface area contributed by atoms with Crippen LogP contribution in [0.4, 0.5) is 0 Å². The SMILES string of the molecule is O=C=NC1CCC([I-]C2CCC(N=C=O)CC2)CC1. The normalized spacial score (nSPS) is 35.2. The van der Waals surface area contributed by atoms with Crippen molar-refractivity contribution in [3.8, 4) is 0 Å². The van der Waals surface area contributed by atoms with Gasteiger partial charge in [0, 0.05) is 0 Å². The third-order valence-corrected chi connectivity index (χ3v) is 8.60. The molecular formula is C14H20IN2O2-. The van der Waals surface area contributed by atoms with Gasteiger partial charge in [-0.2, -0.15) is 0 Å². The Bertz CT molecular complexity index is 337. The summed E-state index contributed by atoms with van der Waals surface area (Å²) < 4.78 is 1.82. The number of isocyanates is 2. The van der Waals surface area contributed by atoms with Crippen LogP contribution < -0.4 is 21.2 Å². The molecule has 0 heterocycles. The molecule has 2 fully saturated rings. The van der Waals surface area contributed by atoms with Gasteiger partial charge < -0.3 is 0 Å². The number of carbonyl (C=O) groups excluding carboxylic acids is 2. The van der Waals surface area contributed by atoms with Gasteiger partial charge in [0.1, 0.15) is 0 Å². The van der Waals surface area contributed by atoms with E-state index in [9.17, 15) is 9.59 Å². The van der Waals surface area contributed by atoms with E-state index in [0.717, 1.165) is 33.5 Å². The molecular weight excluding hydrogens is 355 g/mol. The molecule has 2 aliphatic carbocycles. The topological polar surface area (TPSA) is 58.9 Å². The van der Waals surface area contributed by atoms with Gasteiger partial charge in [-0.1, -0.05) is 0 Å². The van der Waals surface area contributed by atoms with Gasteiger partial charge in [0.05, 0.1) is 0 Å². The van der Waals surface area contributed by atoms with E-state index in [0.29, 0.717) is 0 Å². The van der Waals surface area contributed by atoms with Crippen LogP contribution in [0.3, 0.4) is 0 Å². The van der Waals surface area contributed by atoms with E-state index in [1.165, 1.54) is 25.7 Å². The Morgan fingerprint density at radius 1 is 0.684 bits per heavy atom. The fraction of sp³-hybridized carbons (Fsp3) is 0.857. The molecule has 0 atom stereocenters. The van der Waals surface area contributed by atoms with Crippen molar-refractivity contribution in [1.29, 1.82) is 0 Å². The molecule has 0 unspecified atom stereocenters. The first kappa shape index (κ1) is 14.9. The fourth-order valence-corrected chi connectivity index (χ4v) is 7.30. The zero-order valence-corrected chi connectivity index (χ0v) is 13.2. The maximum atomic E-state index is 10.2. The van der Waals surface area contributed by atoms with Crippen molar-refractivity contribution in [3.63, 3.8) is 0 Å². The second-order valence-electron chi connectivity index (χ2n) is 5.38. The average Bonchev–Trinajstić information content (AvgIpc) is 2.44. The fourth-order valence-electron chi connectivity index (χ4n) is 2.98. The maximum absolute atomic E-state index is 10.2. The van der Waals surface area contributed by atoms with Crippen LogP contribution in [0.25, 0.3) is 0 Å². The Morgan fingerprint density at radius 2 is 1.05 bits per heavy atom. The van der Waals surface area contributed by atoms with E-state index in [1.54, 1.807) is 12.2 Å². The van der Waals surface area contributed by atoms with Gasteiger partial charge in [-0.05, 0) is 0 Å². The molecule has 0 bridgehead atoms. The number of halogens is 1. The molecule has 0 aliphatic heterocycles. The number of rotatable bonds is 4. The first-order chi connectivity index (χ1) is 9.31. The van der Waals surface area contributed by atoms with E-state index < -0.39 is 0 Å². The molecule has 4 nitrogen and oxygen atoms in total. The van der Waals surface area contributed by atoms with Gasteiger partial charge in [0.15, 0.2) is 0 Å². The molecule has 19 heavy (non-hydrogen) atoms. The summed E-state index contributed by atoms with van der Waals surface area (Å²) in [6.45, 7) is 0. The molecule has 0 aromatic rings. The molecule has 2 rings (SSSR count). The van der Waals surface area contributed by atoms with Gasteiger partial charge >= 0.3 is 124 Å². The number of hydrogen-bond donors (Lipinski definition) is 0. The predicted molar refractivity (Wildman–Crippen MR) is 68.3 cm³/mol. The van der Waals surface area contributed by atoms with Gasteiger partial charge in [-0.15, -0.1) is 0 Å². The number of alkyl halides is 2. The average molecular weight is 375 g/mol. The molecule has 0 saturated heterocycles. The molecule has 0 radical (unpaired) electrons. The van der Waals surface area contributed by atoms with E-state index in [1.807, 2.05) is 0 Å². The Hall–Kier alpha value is -0.510. The minimum absolute atomic E-state index is 0.244. The summed E-state index contributed by atoms with van der Waals surface area (Å²) in [7, 11) is 0. The molecule has 0 N–H and O–H groups in total. The van der Waals surface area contributed by atoms with E-state index in [4.69, 9.17) is 0 Å². The molecule has 106 valence electrons. The molecule has 5 heteroatoms. The summed E-state index contributed by atoms with van der Waals surface area (Å²) in [6.07, 6.45) is 12.7. The summed E-state index contributed by atoms with van der Waals surface area (Å²) in [5.74, 6) is 0. The Kier molecular flexibility index (Phi) is 6.21. The van der Waals surface area contributed by atoms with Crippen molar-refractivity contribution < 1.29 is 30.8 Å². The van der Waals surface area contributed by atoms with Crippen LogP contribution in [-0.2, 0) is 9.59 Å². The summed E-state index contributed by atoms with van der Waals surface area (Å²) in [6, 6.07) is 0.492. The van der Waals surface area contributed by atoms with Crippen LogP contribution in [0.5, 0.6) is 0 Å². The van der Waals surface area contributed by atoms with Crippen LogP contribution in [0.2, 0.25) is 0 Å². The van der Waals surface area contributed by atoms with Crippen molar-refractivity contribution >= 4 is 12.2 Å². The standard InChI is InChI=1S/C14H20IN2O2/c18-9-16-13-5-1-11(2-6-13)15-12-3-7-14(8-4-12)17-10-19/h11-14H,1-8H2/q-1. The monoisotopic (exact) mass is 375 g/mol. The van der Waals surface area contributed by atoms with Crippen LogP contribution in [-0.4, -0.2) is 32.1 Å². The first-order valence-corrected chi connectivity index (χ1v) is 9.57. The third-order valence-electron chi connectivity index (χ3n) is 4.08. The van der Waals surface area contributed by atoms with Crippen molar-refractivity contribution in [1.82, 2.24) is 0 Å². The Morgan fingerprint density at radius 3 is 1.37 bits per heavy atom. The second-order valence-corrected chi connectivity index (χ2v) is 9.62. The van der Waals surface area contributed by atoms with Crippen LogP contribution in [0.1, 0.15) is 51.4 Å². The van der Waals surface area contributed by atoms with E-state index >= 15 is 0 Å². The van der Waals surface area contributed by atoms with Gasteiger partial charge in [-0.3, -0.25) is 0 Å². The summed E-state index contributed by atoms with van der Waals surface area (Å²) in [5, 5.41) is 0. The molecule has 0 aromatic heterocycles. The summed E-state index contributed by atoms with van der Waals surface area (Å²) in [4.78, 5) is 28.2. The zero-order valence-electron chi connectivity index (χ0n) is 11.1. The number of nitrogens with zero attached hydrogens (tertiary/aromatic N) is 2. The van der Waals surface area contributed by atoms with Crippen LogP contribution in [0.15, 0.2) is 9.98 Å². The van der Waals surface area contributed by atoms with Crippen LogP contribution in [0, 0.1) is 0 Å². The van der Waals surface area contributed by atoms with Gasteiger partial charge in [0.25, 0.3) is 0 Å². The van der Waals surface area contributed by atoms with Crippen molar-refractivity contribution in [2.75, 3.05) is 0 Å². The van der Waals surface area contributed by atoms with Gasteiger partial charge in [-0.25, -0.2) is 0 Å². The molecule has 0 amide bonds. The van der Waals surface area contributed by atoms with Crippen molar-refractivity contribution in [2.45, 2.75) is 71.3 Å². The summed E-state index contributed by atoms with van der Waals surface area (Å²) >= 11 is 0.244. The number of aliphatic imine (C=N–C) groups is 2. The predicted octanol–water partition coefficient (Wildman–Crippen LogP) is -0.631. The van der Waals surface area contributed by atoms with Crippen molar-refractivity contribution in [3.05, 3.63) is 0 Å². The minimum atomic E-state index is 0.244. The van der Waals surface area contributed by atoms with E-state index in [-0.39, 0.29) is 33.3 Å². The second kappa shape index (κ2) is 7.93. The van der Waals surface area contributed by atoms with E-state index in [2.05, 4.69) is 9.98 Å². The number of hydrogen-bond acceptors (Lipinski definition) is 4. The first-order valence-electron chi connectivity index (χ1n) is 7.07. The molecule has 2 aliphatic rings. The molecule has 0 aromatic carbocycles. The van der Waals surface area contributed by atoms with Crippen molar-refractivity contribution in [2.24, 2.45) is 9.98 Å². The Balaban J connectivity index is 1.69. The Labute approximate surface area is 124 Å². The van der Waals surface area contributed by atoms with Crippen LogP contribution >= 0.6 is 0 Å². The van der Waals surface area contributed by atoms with Gasteiger partial charge in [0.2, 0.25) is 0 Å². The molecule has 0 spiro atoms. The molecule has 2 saturated carbocycles. The summed E-state index contributed by atoms with van der Waals surface area (Å²) in [5.41, 5.74) is 0. The third kappa shape index (κ3) is 4.83. The zero-order chi connectivity index (χ0) is 13.5.